The van der Waals surface area contributed by atoms with Crippen LogP contribution in [0.5, 0.6) is 11.5 Å². The highest BCUT2D eigenvalue weighted by atomic mass is 35.5. The van der Waals surface area contributed by atoms with Crippen LogP contribution >= 0.6 is 11.6 Å². The molecule has 1 aliphatic rings. The van der Waals surface area contributed by atoms with Gasteiger partial charge in [-0.25, -0.2) is 4.98 Å². The first-order chi connectivity index (χ1) is 17.0. The monoisotopic (exact) mass is 543 g/mol. The molecule has 0 saturated heterocycles. The molecule has 0 fully saturated rings. The second-order valence-corrected chi connectivity index (χ2v) is 9.44. The van der Waals surface area contributed by atoms with Gasteiger partial charge in [0.25, 0.3) is 0 Å². The predicted octanol–water partition coefficient (Wildman–Crippen LogP) is 5.11. The van der Waals surface area contributed by atoms with E-state index in [-0.39, 0.29) is 34.0 Å². The molecule has 1 aliphatic heterocycles. The zero-order valence-electron chi connectivity index (χ0n) is 19.1. The number of nitrogens with one attached hydrogen (secondary N) is 2. The van der Waals surface area contributed by atoms with E-state index in [1.807, 2.05) is 7.05 Å². The number of ether oxygens (including phenoxy) is 1. The van der Waals surface area contributed by atoms with E-state index in [2.05, 4.69) is 29.7 Å². The first-order valence-electron chi connectivity index (χ1n) is 10.6. The van der Waals surface area contributed by atoms with E-state index in [9.17, 15) is 21.1 Å². The molecule has 9 nitrogen and oxygen atoms in total. The van der Waals surface area contributed by atoms with Crippen LogP contribution in [0.1, 0.15) is 16.7 Å². The average molecular weight is 544 g/mol. The van der Waals surface area contributed by atoms with Gasteiger partial charge < -0.3 is 24.5 Å². The van der Waals surface area contributed by atoms with Gasteiger partial charge in [0.1, 0.15) is 16.5 Å². The smallest absolute Gasteiger partial charge is 0.433 e. The molecule has 2 aromatic carbocycles. The van der Waals surface area contributed by atoms with Gasteiger partial charge in [-0.3, -0.25) is 0 Å². The Kier molecular flexibility index (Phi) is 7.43. The molecule has 0 saturated carbocycles. The van der Waals surface area contributed by atoms with Crippen LogP contribution in [0.25, 0.3) is 0 Å². The van der Waals surface area contributed by atoms with E-state index in [4.69, 9.17) is 16.3 Å². The Labute approximate surface area is 210 Å². The van der Waals surface area contributed by atoms with Crippen molar-refractivity contribution in [2.45, 2.75) is 26.5 Å². The topological polar surface area (TPSA) is 106 Å². The van der Waals surface area contributed by atoms with Crippen molar-refractivity contribution in [1.29, 1.82) is 0 Å². The van der Waals surface area contributed by atoms with Gasteiger partial charge in [0.15, 0.2) is 5.82 Å². The molecule has 0 unspecified atom stereocenters. The molecule has 0 atom stereocenters. The van der Waals surface area contributed by atoms with Crippen molar-refractivity contribution in [1.82, 2.24) is 14.9 Å². The van der Waals surface area contributed by atoms with Crippen molar-refractivity contribution >= 4 is 45.2 Å². The Bertz CT molecular complexity index is 1390. The van der Waals surface area contributed by atoms with E-state index in [0.29, 0.717) is 24.2 Å². The third-order valence-corrected chi connectivity index (χ3v) is 6.03. The lowest BCUT2D eigenvalue weighted by molar-refractivity contribution is -0.0494. The number of hydrogen-bond acceptors (Lipinski definition) is 9. The molecule has 0 bridgehead atoms. The van der Waals surface area contributed by atoms with Crippen molar-refractivity contribution in [2.24, 2.45) is 0 Å². The van der Waals surface area contributed by atoms with E-state index in [0.717, 1.165) is 17.7 Å². The van der Waals surface area contributed by atoms with Gasteiger partial charge in [0, 0.05) is 18.8 Å². The van der Waals surface area contributed by atoms with Crippen LogP contribution in [0, 0.1) is 6.92 Å². The number of anilines is 4. The molecular weight excluding hydrogens is 523 g/mol. The highest BCUT2D eigenvalue weighted by Crippen LogP contribution is 2.35. The standard InChI is InChI=1S/C22H21ClF3N5O4S/c1-12-7-15(35-36(26,32)33)3-4-17(12)28-20-16(23)10-27-22(30-20)29-18-8-14-11-31(2)6-5-13(14)9-19(18)34-21(24)25/h3-4,7-10,21H,5-6,11H2,1-2H3,(H2,27,28,29,30). The van der Waals surface area contributed by atoms with Crippen molar-refractivity contribution < 1.29 is 30.0 Å². The number of benzene rings is 2. The van der Waals surface area contributed by atoms with E-state index in [1.54, 1.807) is 19.1 Å². The summed E-state index contributed by atoms with van der Waals surface area (Å²) in [5, 5.41) is 6.05. The summed E-state index contributed by atoms with van der Waals surface area (Å²) in [6.07, 6.45) is 2.03. The van der Waals surface area contributed by atoms with Gasteiger partial charge in [-0.1, -0.05) is 15.5 Å². The molecule has 14 heteroatoms. The zero-order valence-corrected chi connectivity index (χ0v) is 20.6. The predicted molar refractivity (Wildman–Crippen MR) is 129 cm³/mol. The minimum absolute atomic E-state index is 0.0318. The van der Waals surface area contributed by atoms with Crippen molar-refractivity contribution in [3.05, 3.63) is 58.2 Å². The minimum atomic E-state index is -5.16. The molecule has 3 aromatic rings. The van der Waals surface area contributed by atoms with Crippen LogP contribution in [0.15, 0.2) is 36.5 Å². The lowest BCUT2D eigenvalue weighted by Gasteiger charge is -2.26. The number of likely N-dealkylation sites (N-methyl/N-ethyl adjacent to an activating group) is 1. The molecule has 2 heterocycles. The number of aryl methyl sites for hydroxylation is 1. The number of hydrogen-bond donors (Lipinski definition) is 2. The van der Waals surface area contributed by atoms with E-state index < -0.39 is 17.1 Å². The largest absolute Gasteiger partial charge is 0.488 e. The number of rotatable bonds is 8. The van der Waals surface area contributed by atoms with Crippen molar-refractivity contribution in [3.8, 4) is 11.5 Å². The molecule has 4 rings (SSSR count). The van der Waals surface area contributed by atoms with E-state index >= 15 is 0 Å². The lowest BCUT2D eigenvalue weighted by Crippen LogP contribution is -2.26. The number of nitrogens with zero attached hydrogens (tertiary/aromatic N) is 3. The molecular formula is C22H21ClF3N5O4S. The first kappa shape index (κ1) is 25.8. The molecule has 2 N–H and O–H groups in total. The molecule has 36 heavy (non-hydrogen) atoms. The van der Waals surface area contributed by atoms with Crippen LogP contribution in [0.3, 0.4) is 0 Å². The summed E-state index contributed by atoms with van der Waals surface area (Å²) in [5.74, 6) is 0.00115. The summed E-state index contributed by atoms with van der Waals surface area (Å²) in [4.78, 5) is 10.6. The average Bonchev–Trinajstić information content (AvgIpc) is 2.77. The SMILES string of the molecule is Cc1cc(OS(=O)(=O)F)ccc1Nc1nc(Nc2cc3c(cc2OC(F)F)CCN(C)C3)ncc1Cl. The third-order valence-electron chi connectivity index (χ3n) is 5.36. The first-order valence-corrected chi connectivity index (χ1v) is 12.3. The number of fused-ring (bicyclic) bond motifs is 1. The maximum atomic E-state index is 13.1. The highest BCUT2D eigenvalue weighted by molar-refractivity contribution is 7.81. The fourth-order valence-corrected chi connectivity index (χ4v) is 4.20. The maximum Gasteiger partial charge on any atom is 0.488 e. The van der Waals surface area contributed by atoms with Crippen LogP contribution < -0.4 is 19.6 Å². The Morgan fingerprint density at radius 1 is 1.14 bits per heavy atom. The molecule has 192 valence electrons. The van der Waals surface area contributed by atoms with Gasteiger partial charge >= 0.3 is 17.1 Å². The molecule has 0 spiro atoms. The van der Waals surface area contributed by atoms with Gasteiger partial charge in [-0.2, -0.15) is 22.2 Å². The molecule has 1 aromatic heterocycles. The molecule has 0 amide bonds. The summed E-state index contributed by atoms with van der Waals surface area (Å²) in [7, 11) is -3.19. The Hall–Kier alpha value is -3.29. The summed E-state index contributed by atoms with van der Waals surface area (Å²) < 4.78 is 69.3. The zero-order chi connectivity index (χ0) is 26.0. The fourth-order valence-electron chi connectivity index (χ4n) is 3.73. The summed E-state index contributed by atoms with van der Waals surface area (Å²) in [6, 6.07) is 7.34. The second-order valence-electron chi connectivity index (χ2n) is 8.08. The van der Waals surface area contributed by atoms with E-state index in [1.165, 1.54) is 24.4 Å². The molecule has 0 radical (unpaired) electrons. The minimum Gasteiger partial charge on any atom is -0.433 e. The molecule has 0 aliphatic carbocycles. The maximum absolute atomic E-state index is 13.1. The van der Waals surface area contributed by atoms with Crippen LogP contribution in [0.4, 0.5) is 35.8 Å². The van der Waals surface area contributed by atoms with Gasteiger partial charge in [-0.05, 0) is 67.4 Å². The quantitative estimate of drug-likeness (QED) is 0.375. The number of alkyl halides is 2. The lowest BCUT2D eigenvalue weighted by atomic mass is 9.99. The third kappa shape index (κ3) is 6.47. The van der Waals surface area contributed by atoms with Gasteiger partial charge in [-0.15, -0.1) is 0 Å². The van der Waals surface area contributed by atoms with Gasteiger partial charge in [0.2, 0.25) is 5.95 Å². The highest BCUT2D eigenvalue weighted by Gasteiger charge is 2.20. The van der Waals surface area contributed by atoms with Crippen molar-refractivity contribution in [3.63, 3.8) is 0 Å². The summed E-state index contributed by atoms with van der Waals surface area (Å²) in [5.41, 5.74) is 3.14. The summed E-state index contributed by atoms with van der Waals surface area (Å²) in [6.45, 7) is 0.0716. The van der Waals surface area contributed by atoms with Crippen LogP contribution in [0.2, 0.25) is 5.02 Å². The Balaban J connectivity index is 1.60. The second kappa shape index (κ2) is 10.4. The van der Waals surface area contributed by atoms with Crippen LogP contribution in [-0.2, 0) is 23.5 Å². The number of aromatic nitrogens is 2. The fraction of sp³-hybridized carbons (Fsp3) is 0.273. The Morgan fingerprint density at radius 3 is 2.61 bits per heavy atom. The van der Waals surface area contributed by atoms with Crippen LogP contribution in [-0.4, -0.2) is 43.5 Å². The van der Waals surface area contributed by atoms with Gasteiger partial charge in [0.05, 0.1) is 11.9 Å². The normalized spacial score (nSPS) is 13.9. The Morgan fingerprint density at radius 2 is 1.92 bits per heavy atom. The number of halogens is 4. The summed E-state index contributed by atoms with van der Waals surface area (Å²) >= 11 is 6.23. The van der Waals surface area contributed by atoms with Crippen molar-refractivity contribution in [2.75, 3.05) is 24.2 Å².